The molecule has 2 aromatic rings. The van der Waals surface area contributed by atoms with E-state index in [2.05, 4.69) is 9.97 Å². The molecular formula is C14H13FN2O. The molecule has 3 nitrogen and oxygen atoms in total. The van der Waals surface area contributed by atoms with E-state index in [9.17, 15) is 9.50 Å². The highest BCUT2D eigenvalue weighted by molar-refractivity contribution is 5.36. The molecule has 1 fully saturated rings. The van der Waals surface area contributed by atoms with Crippen LogP contribution in [0.15, 0.2) is 43.0 Å². The van der Waals surface area contributed by atoms with Gasteiger partial charge >= 0.3 is 0 Å². The third kappa shape index (κ3) is 1.78. The van der Waals surface area contributed by atoms with Crippen molar-refractivity contribution in [3.8, 4) is 0 Å². The maximum absolute atomic E-state index is 13.0. The van der Waals surface area contributed by atoms with Gasteiger partial charge in [0.15, 0.2) is 0 Å². The van der Waals surface area contributed by atoms with Gasteiger partial charge in [-0.25, -0.2) is 14.4 Å². The van der Waals surface area contributed by atoms with Crippen molar-refractivity contribution in [3.63, 3.8) is 0 Å². The predicted octanol–water partition coefficient (Wildman–Crippen LogP) is 2.26. The monoisotopic (exact) mass is 244 g/mol. The van der Waals surface area contributed by atoms with Crippen molar-refractivity contribution < 1.29 is 9.50 Å². The van der Waals surface area contributed by atoms with Crippen LogP contribution in [0.1, 0.15) is 24.0 Å². The molecule has 3 rings (SSSR count). The Morgan fingerprint density at radius 2 is 1.67 bits per heavy atom. The van der Waals surface area contributed by atoms with Gasteiger partial charge in [0.1, 0.15) is 17.7 Å². The first-order valence-electron chi connectivity index (χ1n) is 5.95. The molecule has 1 aliphatic carbocycles. The zero-order chi connectivity index (χ0) is 12.6. The van der Waals surface area contributed by atoms with Gasteiger partial charge in [0, 0.05) is 18.0 Å². The number of hydrogen-bond donors (Lipinski definition) is 1. The SMILES string of the molecule is O[C@](c1ccc(F)cc1)(c1cncnc1)C1CC1. The van der Waals surface area contributed by atoms with Gasteiger partial charge in [-0.05, 0) is 36.5 Å². The molecule has 0 spiro atoms. The van der Waals surface area contributed by atoms with Gasteiger partial charge in [-0.1, -0.05) is 12.1 Å². The lowest BCUT2D eigenvalue weighted by molar-refractivity contribution is 0.0556. The molecule has 1 saturated carbocycles. The predicted molar refractivity (Wildman–Crippen MR) is 64.2 cm³/mol. The van der Waals surface area contributed by atoms with E-state index in [1.807, 2.05) is 0 Å². The number of benzene rings is 1. The van der Waals surface area contributed by atoms with Crippen LogP contribution >= 0.6 is 0 Å². The molecule has 1 aliphatic rings. The molecular weight excluding hydrogens is 231 g/mol. The highest BCUT2D eigenvalue weighted by atomic mass is 19.1. The van der Waals surface area contributed by atoms with E-state index in [-0.39, 0.29) is 11.7 Å². The highest BCUT2D eigenvalue weighted by Gasteiger charge is 2.46. The van der Waals surface area contributed by atoms with Gasteiger partial charge in [-0.15, -0.1) is 0 Å². The van der Waals surface area contributed by atoms with Crippen LogP contribution in [-0.4, -0.2) is 15.1 Å². The second-order valence-corrected chi connectivity index (χ2v) is 4.67. The second-order valence-electron chi connectivity index (χ2n) is 4.67. The number of rotatable bonds is 3. The van der Waals surface area contributed by atoms with E-state index in [0.29, 0.717) is 11.1 Å². The maximum atomic E-state index is 13.0. The second kappa shape index (κ2) is 4.14. The molecule has 1 aromatic heterocycles. The number of aliphatic hydroxyl groups is 1. The van der Waals surface area contributed by atoms with Crippen LogP contribution in [0.4, 0.5) is 4.39 Å². The summed E-state index contributed by atoms with van der Waals surface area (Å²) in [5, 5.41) is 11.0. The van der Waals surface area contributed by atoms with E-state index in [1.165, 1.54) is 18.5 Å². The van der Waals surface area contributed by atoms with Crippen LogP contribution in [-0.2, 0) is 5.60 Å². The van der Waals surface area contributed by atoms with Crippen molar-refractivity contribution in [3.05, 3.63) is 59.9 Å². The molecule has 4 heteroatoms. The van der Waals surface area contributed by atoms with Gasteiger partial charge < -0.3 is 5.11 Å². The highest BCUT2D eigenvalue weighted by Crippen LogP contribution is 2.49. The molecule has 0 bridgehead atoms. The number of aromatic nitrogens is 2. The van der Waals surface area contributed by atoms with E-state index in [1.54, 1.807) is 24.5 Å². The molecule has 0 unspecified atom stereocenters. The summed E-state index contributed by atoms with van der Waals surface area (Å²) in [5.74, 6) is -0.143. The van der Waals surface area contributed by atoms with Crippen LogP contribution in [0.3, 0.4) is 0 Å². The Morgan fingerprint density at radius 1 is 1.06 bits per heavy atom. The number of hydrogen-bond acceptors (Lipinski definition) is 3. The van der Waals surface area contributed by atoms with Gasteiger partial charge in [0.2, 0.25) is 0 Å². The first-order chi connectivity index (χ1) is 8.71. The first-order valence-corrected chi connectivity index (χ1v) is 5.95. The Kier molecular flexibility index (Phi) is 2.59. The van der Waals surface area contributed by atoms with E-state index < -0.39 is 5.60 Å². The largest absolute Gasteiger partial charge is 0.380 e. The third-order valence-corrected chi connectivity index (χ3v) is 3.45. The van der Waals surface area contributed by atoms with Gasteiger partial charge in [-0.2, -0.15) is 0 Å². The van der Waals surface area contributed by atoms with E-state index in [4.69, 9.17) is 0 Å². The normalized spacial score (nSPS) is 18.3. The summed E-state index contributed by atoms with van der Waals surface area (Å²) in [6, 6.07) is 5.99. The number of halogens is 1. The maximum Gasteiger partial charge on any atom is 0.123 e. The van der Waals surface area contributed by atoms with Crippen molar-refractivity contribution in [2.75, 3.05) is 0 Å². The summed E-state index contributed by atoms with van der Waals surface area (Å²) in [6.45, 7) is 0. The zero-order valence-electron chi connectivity index (χ0n) is 9.75. The van der Waals surface area contributed by atoms with Gasteiger partial charge in [0.25, 0.3) is 0 Å². The van der Waals surface area contributed by atoms with Gasteiger partial charge in [0.05, 0.1) is 0 Å². The fraction of sp³-hybridized carbons (Fsp3) is 0.286. The zero-order valence-corrected chi connectivity index (χ0v) is 9.75. The molecule has 1 aromatic carbocycles. The average molecular weight is 244 g/mol. The quantitative estimate of drug-likeness (QED) is 0.900. The third-order valence-electron chi connectivity index (χ3n) is 3.45. The lowest BCUT2D eigenvalue weighted by Gasteiger charge is -2.28. The lowest BCUT2D eigenvalue weighted by atomic mass is 9.83. The van der Waals surface area contributed by atoms with Crippen LogP contribution in [0, 0.1) is 11.7 Å². The average Bonchev–Trinajstić information content (AvgIpc) is 3.24. The van der Waals surface area contributed by atoms with Crippen molar-refractivity contribution in [2.24, 2.45) is 5.92 Å². The lowest BCUT2D eigenvalue weighted by Crippen LogP contribution is -2.30. The van der Waals surface area contributed by atoms with E-state index >= 15 is 0 Å². The van der Waals surface area contributed by atoms with Crippen molar-refractivity contribution in [1.82, 2.24) is 9.97 Å². The summed E-state index contributed by atoms with van der Waals surface area (Å²) >= 11 is 0. The van der Waals surface area contributed by atoms with Gasteiger partial charge in [-0.3, -0.25) is 0 Å². The molecule has 1 atom stereocenters. The minimum absolute atomic E-state index is 0.161. The topological polar surface area (TPSA) is 46.0 Å². The molecule has 0 radical (unpaired) electrons. The van der Waals surface area contributed by atoms with E-state index in [0.717, 1.165) is 12.8 Å². The van der Waals surface area contributed by atoms with Crippen molar-refractivity contribution in [2.45, 2.75) is 18.4 Å². The molecule has 18 heavy (non-hydrogen) atoms. The standard InChI is InChI=1S/C14H13FN2O/c15-13-5-3-11(4-6-13)14(18,10-1-2-10)12-7-16-9-17-8-12/h3-10,18H,1-2H2/t14-/m1/s1. The minimum atomic E-state index is -1.10. The van der Waals surface area contributed by atoms with Crippen LogP contribution in [0.5, 0.6) is 0 Å². The Balaban J connectivity index is 2.09. The fourth-order valence-corrected chi connectivity index (χ4v) is 2.34. The Bertz CT molecular complexity index is 539. The van der Waals surface area contributed by atoms with Crippen LogP contribution in [0.2, 0.25) is 0 Å². The Hall–Kier alpha value is -1.81. The van der Waals surface area contributed by atoms with Crippen molar-refractivity contribution >= 4 is 0 Å². The summed E-state index contributed by atoms with van der Waals surface area (Å²) in [4.78, 5) is 7.92. The van der Waals surface area contributed by atoms with Crippen molar-refractivity contribution in [1.29, 1.82) is 0 Å². The molecule has 1 N–H and O–H groups in total. The molecule has 1 heterocycles. The Morgan fingerprint density at radius 3 is 2.22 bits per heavy atom. The molecule has 92 valence electrons. The number of nitrogens with zero attached hydrogens (tertiary/aromatic N) is 2. The fourth-order valence-electron chi connectivity index (χ4n) is 2.34. The summed E-state index contributed by atoms with van der Waals surface area (Å²) in [7, 11) is 0. The first kappa shape index (κ1) is 11.3. The van der Waals surface area contributed by atoms with Crippen LogP contribution in [0.25, 0.3) is 0 Å². The smallest absolute Gasteiger partial charge is 0.123 e. The van der Waals surface area contributed by atoms with Crippen LogP contribution < -0.4 is 0 Å². The molecule has 0 aliphatic heterocycles. The molecule has 0 amide bonds. The summed E-state index contributed by atoms with van der Waals surface area (Å²) < 4.78 is 13.0. The molecule has 0 saturated heterocycles. The Labute approximate surface area is 104 Å². The summed E-state index contributed by atoms with van der Waals surface area (Å²) in [5.41, 5.74) is 0.259. The summed E-state index contributed by atoms with van der Waals surface area (Å²) in [6.07, 6.45) is 6.59. The minimum Gasteiger partial charge on any atom is -0.380 e.